The number of nitriles is 1. The number of halogens is 1. The minimum Gasteiger partial charge on any atom is -0.327 e. The van der Waals surface area contributed by atoms with Crippen molar-refractivity contribution >= 4 is 22.0 Å². The van der Waals surface area contributed by atoms with E-state index in [1.54, 1.807) is 0 Å². The summed E-state index contributed by atoms with van der Waals surface area (Å²) in [6, 6.07) is 7.74. The van der Waals surface area contributed by atoms with Gasteiger partial charge in [-0.1, -0.05) is 34.1 Å². The van der Waals surface area contributed by atoms with Gasteiger partial charge in [-0.3, -0.25) is 0 Å². The van der Waals surface area contributed by atoms with Crippen LogP contribution in [-0.4, -0.2) is 6.54 Å². The zero-order valence-corrected chi connectivity index (χ0v) is 9.29. The lowest BCUT2D eigenvalue weighted by Gasteiger charge is -2.02. The molecule has 0 saturated carbocycles. The van der Waals surface area contributed by atoms with Crippen molar-refractivity contribution < 1.29 is 0 Å². The van der Waals surface area contributed by atoms with E-state index < -0.39 is 0 Å². The Labute approximate surface area is 92.2 Å². The van der Waals surface area contributed by atoms with Crippen molar-refractivity contribution in [2.45, 2.75) is 5.33 Å². The summed E-state index contributed by atoms with van der Waals surface area (Å²) < 4.78 is 0. The molecule has 0 radical (unpaired) electrons. The summed E-state index contributed by atoms with van der Waals surface area (Å²) in [6.07, 6.45) is 3.82. The van der Waals surface area contributed by atoms with Crippen molar-refractivity contribution in [3.05, 3.63) is 41.0 Å². The Hall–Kier alpha value is -1.11. The van der Waals surface area contributed by atoms with Gasteiger partial charge in [0.05, 0.1) is 11.6 Å². The standard InChI is InChI=1S/C11H11BrN2/c12-7-11-4-3-9(8-14)6-10(11)2-1-5-13/h1-4,6H,5,7,13H2. The van der Waals surface area contributed by atoms with Crippen LogP contribution in [0.2, 0.25) is 0 Å². The van der Waals surface area contributed by atoms with Crippen molar-refractivity contribution in [3.8, 4) is 6.07 Å². The molecule has 0 heterocycles. The first-order valence-electron chi connectivity index (χ1n) is 4.27. The van der Waals surface area contributed by atoms with Crippen LogP contribution in [0.1, 0.15) is 16.7 Å². The van der Waals surface area contributed by atoms with Crippen molar-refractivity contribution in [3.63, 3.8) is 0 Å². The molecular weight excluding hydrogens is 240 g/mol. The number of rotatable bonds is 3. The molecule has 72 valence electrons. The maximum atomic E-state index is 8.74. The van der Waals surface area contributed by atoms with Crippen molar-refractivity contribution in [1.82, 2.24) is 0 Å². The smallest absolute Gasteiger partial charge is 0.0991 e. The van der Waals surface area contributed by atoms with E-state index in [0.717, 1.165) is 16.5 Å². The Morgan fingerprint density at radius 1 is 1.50 bits per heavy atom. The maximum absolute atomic E-state index is 8.74. The lowest BCUT2D eigenvalue weighted by molar-refractivity contribution is 1.26. The third kappa shape index (κ3) is 2.69. The van der Waals surface area contributed by atoms with Crippen LogP contribution in [-0.2, 0) is 5.33 Å². The molecule has 3 heteroatoms. The van der Waals surface area contributed by atoms with E-state index in [1.807, 2.05) is 30.4 Å². The molecule has 0 spiro atoms. The Bertz CT molecular complexity index is 377. The second kappa shape index (κ2) is 5.58. The average molecular weight is 251 g/mol. The van der Waals surface area contributed by atoms with Crippen LogP contribution >= 0.6 is 15.9 Å². The van der Waals surface area contributed by atoms with Gasteiger partial charge in [-0.25, -0.2) is 0 Å². The summed E-state index contributed by atoms with van der Waals surface area (Å²) in [7, 11) is 0. The quantitative estimate of drug-likeness (QED) is 0.838. The van der Waals surface area contributed by atoms with Crippen molar-refractivity contribution in [1.29, 1.82) is 5.26 Å². The summed E-state index contributed by atoms with van der Waals surface area (Å²) in [4.78, 5) is 0. The summed E-state index contributed by atoms with van der Waals surface area (Å²) >= 11 is 3.40. The third-order valence-corrected chi connectivity index (χ3v) is 2.46. The number of benzene rings is 1. The maximum Gasteiger partial charge on any atom is 0.0991 e. The van der Waals surface area contributed by atoms with Crippen LogP contribution < -0.4 is 5.73 Å². The van der Waals surface area contributed by atoms with Gasteiger partial charge in [-0.2, -0.15) is 5.26 Å². The molecule has 0 saturated heterocycles. The molecule has 0 bridgehead atoms. The lowest BCUT2D eigenvalue weighted by atomic mass is 10.1. The van der Waals surface area contributed by atoms with E-state index in [0.29, 0.717) is 12.1 Å². The van der Waals surface area contributed by atoms with Crippen LogP contribution in [0.5, 0.6) is 0 Å². The monoisotopic (exact) mass is 250 g/mol. The van der Waals surface area contributed by atoms with Crippen molar-refractivity contribution in [2.24, 2.45) is 5.73 Å². The molecule has 2 nitrogen and oxygen atoms in total. The summed E-state index contributed by atoms with van der Waals surface area (Å²) in [5, 5.41) is 9.52. The molecular formula is C11H11BrN2. The number of hydrogen-bond acceptors (Lipinski definition) is 2. The highest BCUT2D eigenvalue weighted by Gasteiger charge is 1.99. The molecule has 0 fully saturated rings. The van der Waals surface area contributed by atoms with Crippen LogP contribution in [0, 0.1) is 11.3 Å². The van der Waals surface area contributed by atoms with Crippen LogP contribution in [0.4, 0.5) is 0 Å². The Morgan fingerprint density at radius 3 is 2.86 bits per heavy atom. The predicted molar refractivity (Wildman–Crippen MR) is 61.9 cm³/mol. The van der Waals surface area contributed by atoms with E-state index in [2.05, 4.69) is 22.0 Å². The second-order valence-electron chi connectivity index (χ2n) is 2.80. The van der Waals surface area contributed by atoms with Gasteiger partial charge in [0.15, 0.2) is 0 Å². The Kier molecular flexibility index (Phi) is 4.37. The van der Waals surface area contributed by atoms with Gasteiger partial charge < -0.3 is 5.73 Å². The molecule has 1 aromatic rings. The van der Waals surface area contributed by atoms with E-state index in [1.165, 1.54) is 0 Å². The van der Waals surface area contributed by atoms with Crippen LogP contribution in [0.3, 0.4) is 0 Å². The summed E-state index contributed by atoms with van der Waals surface area (Å²) in [5.74, 6) is 0. The Balaban J connectivity index is 3.10. The molecule has 0 aromatic heterocycles. The first kappa shape index (κ1) is 11.0. The SMILES string of the molecule is N#Cc1ccc(CBr)c(C=CCN)c1. The van der Waals surface area contributed by atoms with Crippen molar-refractivity contribution in [2.75, 3.05) is 6.54 Å². The van der Waals surface area contributed by atoms with Gasteiger partial charge in [0.25, 0.3) is 0 Å². The largest absolute Gasteiger partial charge is 0.327 e. The van der Waals surface area contributed by atoms with E-state index in [9.17, 15) is 0 Å². The van der Waals surface area contributed by atoms with E-state index in [-0.39, 0.29) is 0 Å². The molecule has 14 heavy (non-hydrogen) atoms. The van der Waals surface area contributed by atoms with Crippen LogP contribution in [0.15, 0.2) is 24.3 Å². The normalized spacial score (nSPS) is 10.4. The van der Waals surface area contributed by atoms with Gasteiger partial charge in [0.1, 0.15) is 0 Å². The lowest BCUT2D eigenvalue weighted by Crippen LogP contribution is -1.93. The molecule has 1 rings (SSSR count). The Morgan fingerprint density at radius 2 is 2.29 bits per heavy atom. The fourth-order valence-electron chi connectivity index (χ4n) is 1.14. The van der Waals surface area contributed by atoms with Gasteiger partial charge >= 0.3 is 0 Å². The number of nitrogens with zero attached hydrogens (tertiary/aromatic N) is 1. The zero-order chi connectivity index (χ0) is 10.4. The minimum absolute atomic E-state index is 0.512. The molecule has 0 unspecified atom stereocenters. The molecule has 0 aliphatic heterocycles. The first-order valence-corrected chi connectivity index (χ1v) is 5.39. The minimum atomic E-state index is 0.512. The zero-order valence-electron chi connectivity index (χ0n) is 7.70. The number of nitrogens with two attached hydrogens (primary N) is 1. The fraction of sp³-hybridized carbons (Fsp3) is 0.182. The highest BCUT2D eigenvalue weighted by molar-refractivity contribution is 9.08. The van der Waals surface area contributed by atoms with Crippen LogP contribution in [0.25, 0.3) is 6.08 Å². The highest BCUT2D eigenvalue weighted by Crippen LogP contribution is 2.16. The summed E-state index contributed by atoms with van der Waals surface area (Å²) in [5.41, 5.74) is 8.26. The molecule has 0 atom stereocenters. The van der Waals surface area contributed by atoms with Gasteiger partial charge in [0.2, 0.25) is 0 Å². The number of hydrogen-bond donors (Lipinski definition) is 1. The van der Waals surface area contributed by atoms with Gasteiger partial charge in [-0.15, -0.1) is 0 Å². The highest BCUT2D eigenvalue weighted by atomic mass is 79.9. The fourth-order valence-corrected chi connectivity index (χ4v) is 1.65. The molecule has 1 aromatic carbocycles. The molecule has 0 aliphatic rings. The molecule has 0 amide bonds. The topological polar surface area (TPSA) is 49.8 Å². The van der Waals surface area contributed by atoms with E-state index >= 15 is 0 Å². The van der Waals surface area contributed by atoms with Gasteiger partial charge in [0, 0.05) is 11.9 Å². The first-order chi connectivity index (χ1) is 6.81. The molecule has 0 aliphatic carbocycles. The summed E-state index contributed by atoms with van der Waals surface area (Å²) in [6.45, 7) is 0.512. The van der Waals surface area contributed by atoms with Gasteiger partial charge in [-0.05, 0) is 23.3 Å². The second-order valence-corrected chi connectivity index (χ2v) is 3.36. The number of alkyl halides is 1. The third-order valence-electron chi connectivity index (χ3n) is 1.85. The van der Waals surface area contributed by atoms with E-state index in [4.69, 9.17) is 11.0 Å². The molecule has 2 N–H and O–H groups in total. The average Bonchev–Trinajstić information content (AvgIpc) is 2.25. The predicted octanol–water partition coefficient (Wildman–Crippen LogP) is 2.43.